The van der Waals surface area contributed by atoms with Crippen molar-refractivity contribution in [1.29, 1.82) is 0 Å². The third-order valence-corrected chi connectivity index (χ3v) is 6.48. The van der Waals surface area contributed by atoms with E-state index in [0.717, 1.165) is 5.56 Å². The van der Waals surface area contributed by atoms with Gasteiger partial charge in [-0.2, -0.15) is 4.98 Å². The van der Waals surface area contributed by atoms with Crippen LogP contribution >= 0.6 is 0 Å². The number of carbonyl (C=O) groups is 1. The van der Waals surface area contributed by atoms with E-state index in [0.29, 0.717) is 23.0 Å². The van der Waals surface area contributed by atoms with Gasteiger partial charge in [-0.25, -0.2) is 8.42 Å². The van der Waals surface area contributed by atoms with Gasteiger partial charge < -0.3 is 9.84 Å². The summed E-state index contributed by atoms with van der Waals surface area (Å²) >= 11 is 0. The van der Waals surface area contributed by atoms with Gasteiger partial charge in [-0.15, -0.1) is 0 Å². The molecule has 2 aromatic carbocycles. The van der Waals surface area contributed by atoms with E-state index >= 15 is 0 Å². The Morgan fingerprint density at radius 2 is 1.63 bits per heavy atom. The van der Waals surface area contributed by atoms with Crippen LogP contribution in [-0.4, -0.2) is 31.5 Å². The second-order valence-corrected chi connectivity index (χ2v) is 9.52. The van der Waals surface area contributed by atoms with Gasteiger partial charge in [-0.3, -0.25) is 9.10 Å². The molecule has 0 fully saturated rings. The molecule has 0 radical (unpaired) electrons. The van der Waals surface area contributed by atoms with Crippen molar-refractivity contribution in [2.75, 3.05) is 11.4 Å². The van der Waals surface area contributed by atoms with Crippen LogP contribution in [0.15, 0.2) is 57.9 Å². The molecule has 158 valence electrons. The smallest absolute Gasteiger partial charge is 0.264 e. The van der Waals surface area contributed by atoms with Crippen LogP contribution in [0.5, 0.6) is 0 Å². The van der Waals surface area contributed by atoms with Crippen molar-refractivity contribution in [1.82, 2.24) is 15.5 Å². The lowest BCUT2D eigenvalue weighted by Gasteiger charge is -2.23. The summed E-state index contributed by atoms with van der Waals surface area (Å²) in [5.41, 5.74) is 0.971. The molecule has 0 aliphatic rings. The number of rotatable bonds is 6. The zero-order valence-electron chi connectivity index (χ0n) is 17.5. The van der Waals surface area contributed by atoms with Crippen LogP contribution in [0.4, 0.5) is 5.69 Å². The summed E-state index contributed by atoms with van der Waals surface area (Å²) in [5, 5.41) is 6.71. The van der Waals surface area contributed by atoms with E-state index in [2.05, 4.69) is 15.5 Å². The van der Waals surface area contributed by atoms with Gasteiger partial charge in [0.05, 0.1) is 16.1 Å². The van der Waals surface area contributed by atoms with E-state index in [1.165, 1.54) is 11.4 Å². The molecule has 3 aromatic rings. The predicted octanol–water partition coefficient (Wildman–Crippen LogP) is 3.18. The van der Waals surface area contributed by atoms with Gasteiger partial charge in [0.25, 0.3) is 15.9 Å². The Morgan fingerprint density at radius 3 is 2.17 bits per heavy atom. The minimum Gasteiger partial charge on any atom is -0.340 e. The standard InChI is InChI=1S/C21H24N4O4S/c1-14-6-12-18(13-7-14)30(27,28)25(5)17-10-8-16(9-11-17)19(26)23-21(3,4)20-22-15(2)29-24-20/h6-13H,1-5H3,(H,23,26). The third-order valence-electron chi connectivity index (χ3n) is 4.69. The first-order chi connectivity index (χ1) is 14.0. The van der Waals surface area contributed by atoms with Crippen LogP contribution in [0, 0.1) is 13.8 Å². The van der Waals surface area contributed by atoms with Crippen LogP contribution in [0.2, 0.25) is 0 Å². The fraction of sp³-hybridized carbons (Fsp3) is 0.286. The number of hydrogen-bond donors (Lipinski definition) is 1. The third kappa shape index (κ3) is 4.35. The van der Waals surface area contributed by atoms with Crippen LogP contribution in [-0.2, 0) is 15.6 Å². The molecule has 0 unspecified atom stereocenters. The molecule has 0 spiro atoms. The lowest BCUT2D eigenvalue weighted by Crippen LogP contribution is -2.41. The van der Waals surface area contributed by atoms with Gasteiger partial charge >= 0.3 is 0 Å². The zero-order chi connectivity index (χ0) is 22.1. The van der Waals surface area contributed by atoms with Crippen molar-refractivity contribution in [3.8, 4) is 0 Å². The first kappa shape index (κ1) is 21.5. The molecule has 0 atom stereocenters. The lowest BCUT2D eigenvalue weighted by molar-refractivity contribution is 0.0907. The van der Waals surface area contributed by atoms with Gasteiger partial charge in [0, 0.05) is 19.5 Å². The number of hydrogen-bond acceptors (Lipinski definition) is 6. The fourth-order valence-corrected chi connectivity index (χ4v) is 3.99. The fourth-order valence-electron chi connectivity index (χ4n) is 2.79. The molecule has 1 amide bonds. The van der Waals surface area contributed by atoms with E-state index in [1.54, 1.807) is 69.3 Å². The number of nitrogens with zero attached hydrogens (tertiary/aromatic N) is 3. The summed E-state index contributed by atoms with van der Waals surface area (Å²) in [6.07, 6.45) is 0. The Hall–Kier alpha value is -3.20. The molecule has 0 aliphatic heterocycles. The molecule has 0 saturated carbocycles. The normalized spacial score (nSPS) is 11.9. The number of anilines is 1. The highest BCUT2D eigenvalue weighted by Gasteiger charge is 2.29. The Bertz CT molecular complexity index is 1150. The maximum Gasteiger partial charge on any atom is 0.264 e. The van der Waals surface area contributed by atoms with E-state index < -0.39 is 15.6 Å². The van der Waals surface area contributed by atoms with Gasteiger partial charge in [-0.05, 0) is 57.2 Å². The molecule has 1 heterocycles. The summed E-state index contributed by atoms with van der Waals surface area (Å²) < 4.78 is 31.8. The molecule has 3 rings (SSSR count). The van der Waals surface area contributed by atoms with Gasteiger partial charge in [0.1, 0.15) is 0 Å². The number of benzene rings is 2. The van der Waals surface area contributed by atoms with Gasteiger partial charge in [0.2, 0.25) is 5.89 Å². The lowest BCUT2D eigenvalue weighted by atomic mass is 10.0. The topological polar surface area (TPSA) is 105 Å². The Balaban J connectivity index is 1.77. The molecule has 1 N–H and O–H groups in total. The SMILES string of the molecule is Cc1ccc(S(=O)(=O)N(C)c2ccc(C(=O)NC(C)(C)c3noc(C)n3)cc2)cc1. The van der Waals surface area contributed by atoms with E-state index in [4.69, 9.17) is 4.52 Å². The minimum atomic E-state index is -3.70. The maximum atomic E-state index is 12.8. The van der Waals surface area contributed by atoms with Gasteiger partial charge in [-0.1, -0.05) is 22.9 Å². The average Bonchev–Trinajstić information content (AvgIpc) is 3.15. The summed E-state index contributed by atoms with van der Waals surface area (Å²) in [7, 11) is -2.22. The van der Waals surface area contributed by atoms with E-state index in [-0.39, 0.29) is 10.8 Å². The zero-order valence-corrected chi connectivity index (χ0v) is 18.3. The van der Waals surface area contributed by atoms with Crippen molar-refractivity contribution in [3.05, 3.63) is 71.4 Å². The van der Waals surface area contributed by atoms with Crippen LogP contribution in [0.3, 0.4) is 0 Å². The maximum absolute atomic E-state index is 12.8. The number of carbonyl (C=O) groups excluding carboxylic acids is 1. The number of sulfonamides is 1. The van der Waals surface area contributed by atoms with Crippen molar-refractivity contribution < 1.29 is 17.7 Å². The molecule has 0 bridgehead atoms. The Kier molecular flexibility index (Phi) is 5.67. The molecule has 0 aliphatic carbocycles. The van der Waals surface area contributed by atoms with E-state index in [1.807, 2.05) is 6.92 Å². The van der Waals surface area contributed by atoms with Crippen molar-refractivity contribution in [2.24, 2.45) is 0 Å². The number of aromatic nitrogens is 2. The molecular weight excluding hydrogens is 404 g/mol. The van der Waals surface area contributed by atoms with Crippen LogP contribution in [0.25, 0.3) is 0 Å². The van der Waals surface area contributed by atoms with Crippen LogP contribution in [0.1, 0.15) is 41.5 Å². The summed E-state index contributed by atoms with van der Waals surface area (Å²) in [6.45, 7) is 7.11. The molecule has 8 nitrogen and oxygen atoms in total. The highest BCUT2D eigenvalue weighted by molar-refractivity contribution is 7.92. The Labute approximate surface area is 176 Å². The summed E-state index contributed by atoms with van der Waals surface area (Å²) in [4.78, 5) is 17.0. The highest BCUT2D eigenvalue weighted by Crippen LogP contribution is 2.23. The molecule has 0 saturated heterocycles. The van der Waals surface area contributed by atoms with Gasteiger partial charge in [0.15, 0.2) is 5.82 Å². The largest absolute Gasteiger partial charge is 0.340 e. The second-order valence-electron chi connectivity index (χ2n) is 7.55. The molecule has 9 heteroatoms. The number of nitrogens with one attached hydrogen (secondary N) is 1. The predicted molar refractivity (Wildman–Crippen MR) is 113 cm³/mol. The highest BCUT2D eigenvalue weighted by atomic mass is 32.2. The monoisotopic (exact) mass is 428 g/mol. The van der Waals surface area contributed by atoms with Crippen molar-refractivity contribution in [3.63, 3.8) is 0 Å². The molecular formula is C21H24N4O4S. The number of amides is 1. The molecule has 1 aromatic heterocycles. The van der Waals surface area contributed by atoms with Crippen molar-refractivity contribution >= 4 is 21.6 Å². The quantitative estimate of drug-likeness (QED) is 0.646. The summed E-state index contributed by atoms with van der Waals surface area (Å²) in [5.74, 6) is 0.446. The summed E-state index contributed by atoms with van der Waals surface area (Å²) in [6, 6.07) is 13.0. The first-order valence-electron chi connectivity index (χ1n) is 9.30. The van der Waals surface area contributed by atoms with Crippen molar-refractivity contribution in [2.45, 2.75) is 38.1 Å². The van der Waals surface area contributed by atoms with Crippen LogP contribution < -0.4 is 9.62 Å². The Morgan fingerprint density at radius 1 is 1.03 bits per heavy atom. The van der Waals surface area contributed by atoms with E-state index in [9.17, 15) is 13.2 Å². The first-order valence-corrected chi connectivity index (χ1v) is 10.7. The average molecular weight is 429 g/mol. The molecule has 30 heavy (non-hydrogen) atoms. The second kappa shape index (κ2) is 7.91. The number of aryl methyl sites for hydroxylation is 2. The minimum absolute atomic E-state index is 0.203.